The molecule has 0 bridgehead atoms. The van der Waals surface area contributed by atoms with Gasteiger partial charge in [-0.1, -0.05) is 30.3 Å². The van der Waals surface area contributed by atoms with Crippen LogP contribution in [0.15, 0.2) is 36.5 Å². The van der Waals surface area contributed by atoms with Crippen LogP contribution in [0.4, 0.5) is 10.1 Å². The zero-order valence-electron chi connectivity index (χ0n) is 9.81. The van der Waals surface area contributed by atoms with E-state index >= 15 is 0 Å². The van der Waals surface area contributed by atoms with Gasteiger partial charge in [0.1, 0.15) is 6.20 Å². The van der Waals surface area contributed by atoms with Crippen molar-refractivity contribution in [2.75, 3.05) is 5.32 Å². The number of nitrogens with zero attached hydrogens (tertiary/aromatic N) is 3. The van der Waals surface area contributed by atoms with Gasteiger partial charge in [0.25, 0.3) is 0 Å². The molecule has 0 aliphatic rings. The molecule has 0 saturated carbocycles. The van der Waals surface area contributed by atoms with Gasteiger partial charge in [-0.15, -0.1) is 0 Å². The molecule has 2 rings (SSSR count). The number of benzene rings is 1. The molecule has 0 saturated heterocycles. The van der Waals surface area contributed by atoms with Crippen LogP contribution >= 0.6 is 11.3 Å². The average molecular weight is 274 g/mol. The van der Waals surface area contributed by atoms with Crippen LogP contribution in [0.1, 0.15) is 18.0 Å². The fourth-order valence-electron chi connectivity index (χ4n) is 1.59. The molecule has 0 fully saturated rings. The summed E-state index contributed by atoms with van der Waals surface area (Å²) < 4.78 is 0. The Labute approximate surface area is 113 Å². The summed E-state index contributed by atoms with van der Waals surface area (Å²) in [6, 6.07) is 11.3. The van der Waals surface area contributed by atoms with Crippen molar-refractivity contribution in [3.63, 3.8) is 0 Å². The summed E-state index contributed by atoms with van der Waals surface area (Å²) in [7, 11) is 0. The number of nitriles is 1. The van der Waals surface area contributed by atoms with Crippen molar-refractivity contribution in [1.82, 2.24) is 4.98 Å². The topological polar surface area (TPSA) is 91.8 Å². The third kappa shape index (κ3) is 3.26. The lowest BCUT2D eigenvalue weighted by Gasteiger charge is -2.14. The van der Waals surface area contributed by atoms with Gasteiger partial charge in [-0.3, -0.25) is 10.1 Å². The monoisotopic (exact) mass is 274 g/mol. The van der Waals surface area contributed by atoms with Gasteiger partial charge in [-0.2, -0.15) is 5.26 Å². The Hall–Kier alpha value is -2.46. The molecule has 2 aromatic rings. The lowest BCUT2D eigenvalue weighted by Crippen LogP contribution is -2.09. The normalized spacial score (nSPS) is 11.5. The van der Waals surface area contributed by atoms with E-state index in [4.69, 9.17) is 5.26 Å². The first-order valence-corrected chi connectivity index (χ1v) is 6.31. The second-order valence-electron chi connectivity index (χ2n) is 3.73. The van der Waals surface area contributed by atoms with Gasteiger partial charge >= 0.3 is 5.00 Å². The Kier molecular flexibility index (Phi) is 4.05. The zero-order valence-corrected chi connectivity index (χ0v) is 10.6. The third-order valence-electron chi connectivity index (χ3n) is 2.47. The van der Waals surface area contributed by atoms with Gasteiger partial charge in [0.2, 0.25) is 0 Å². The van der Waals surface area contributed by atoms with Crippen LogP contribution < -0.4 is 5.32 Å². The first kappa shape index (κ1) is 13.0. The molecule has 1 unspecified atom stereocenters. The van der Waals surface area contributed by atoms with E-state index in [0.717, 1.165) is 16.9 Å². The summed E-state index contributed by atoms with van der Waals surface area (Å²) >= 11 is 0.959. The van der Waals surface area contributed by atoms with E-state index in [-0.39, 0.29) is 17.5 Å². The SMILES string of the molecule is N#CCC(Nc1ncc([N+](=O)[O-])s1)c1ccccc1. The highest BCUT2D eigenvalue weighted by Gasteiger charge is 2.16. The fourth-order valence-corrected chi connectivity index (χ4v) is 2.28. The molecule has 1 heterocycles. The number of hydrogen-bond donors (Lipinski definition) is 1. The van der Waals surface area contributed by atoms with Gasteiger partial charge in [0.15, 0.2) is 5.13 Å². The predicted octanol–water partition coefficient (Wildman–Crippen LogP) is 3.12. The van der Waals surface area contributed by atoms with Crippen LogP contribution in [-0.2, 0) is 0 Å². The highest BCUT2D eigenvalue weighted by atomic mass is 32.1. The number of rotatable bonds is 5. The van der Waals surface area contributed by atoms with E-state index in [0.29, 0.717) is 5.13 Å². The molecule has 96 valence electrons. The van der Waals surface area contributed by atoms with E-state index in [1.807, 2.05) is 30.3 Å². The molecular formula is C12H10N4O2S. The number of anilines is 1. The van der Waals surface area contributed by atoms with E-state index < -0.39 is 4.92 Å². The summed E-state index contributed by atoms with van der Waals surface area (Å²) in [5.41, 5.74) is 0.946. The number of nitro groups is 1. The van der Waals surface area contributed by atoms with Crippen LogP contribution in [0.25, 0.3) is 0 Å². The molecule has 0 aliphatic heterocycles. The van der Waals surface area contributed by atoms with E-state index in [9.17, 15) is 10.1 Å². The highest BCUT2D eigenvalue weighted by molar-refractivity contribution is 7.18. The number of aromatic nitrogens is 1. The lowest BCUT2D eigenvalue weighted by atomic mass is 10.1. The van der Waals surface area contributed by atoms with Crippen molar-refractivity contribution < 1.29 is 4.92 Å². The van der Waals surface area contributed by atoms with Crippen molar-refractivity contribution in [3.8, 4) is 6.07 Å². The second-order valence-corrected chi connectivity index (χ2v) is 4.74. The van der Waals surface area contributed by atoms with E-state index in [1.54, 1.807) is 0 Å². The number of thiazole rings is 1. The molecule has 0 spiro atoms. The fraction of sp³-hybridized carbons (Fsp3) is 0.167. The van der Waals surface area contributed by atoms with Crippen molar-refractivity contribution in [2.24, 2.45) is 0 Å². The van der Waals surface area contributed by atoms with Crippen molar-refractivity contribution in [3.05, 3.63) is 52.2 Å². The summed E-state index contributed by atoms with van der Waals surface area (Å²) in [6.45, 7) is 0. The van der Waals surface area contributed by atoms with Crippen LogP contribution in [0.2, 0.25) is 0 Å². The molecular weight excluding hydrogens is 264 g/mol. The predicted molar refractivity (Wildman–Crippen MR) is 71.8 cm³/mol. The van der Waals surface area contributed by atoms with E-state index in [2.05, 4.69) is 16.4 Å². The van der Waals surface area contributed by atoms with Gasteiger partial charge in [0, 0.05) is 0 Å². The van der Waals surface area contributed by atoms with Crippen LogP contribution in [-0.4, -0.2) is 9.91 Å². The molecule has 6 nitrogen and oxygen atoms in total. The summed E-state index contributed by atoms with van der Waals surface area (Å²) in [5, 5.41) is 22.9. The first-order valence-electron chi connectivity index (χ1n) is 5.49. The number of hydrogen-bond acceptors (Lipinski definition) is 6. The molecule has 1 N–H and O–H groups in total. The van der Waals surface area contributed by atoms with Gasteiger partial charge in [0.05, 0.1) is 23.5 Å². The maximum absolute atomic E-state index is 10.6. The van der Waals surface area contributed by atoms with Crippen molar-refractivity contribution in [2.45, 2.75) is 12.5 Å². The van der Waals surface area contributed by atoms with Crippen LogP contribution in [0, 0.1) is 21.4 Å². The molecule has 0 radical (unpaired) electrons. The average Bonchev–Trinajstić information content (AvgIpc) is 2.88. The van der Waals surface area contributed by atoms with Gasteiger partial charge in [-0.25, -0.2) is 4.98 Å². The second kappa shape index (κ2) is 5.93. The smallest absolute Gasteiger partial charge is 0.345 e. The Morgan fingerprint density at radius 2 is 2.21 bits per heavy atom. The molecule has 1 aromatic carbocycles. The first-order chi connectivity index (χ1) is 9.20. The Bertz CT molecular complexity index is 606. The van der Waals surface area contributed by atoms with Gasteiger partial charge in [-0.05, 0) is 16.9 Å². The van der Waals surface area contributed by atoms with Crippen LogP contribution in [0.5, 0.6) is 0 Å². The quantitative estimate of drug-likeness (QED) is 0.668. The minimum atomic E-state index is -0.481. The molecule has 1 aromatic heterocycles. The summed E-state index contributed by atoms with van der Waals surface area (Å²) in [6.07, 6.45) is 1.47. The Balaban J connectivity index is 2.17. The summed E-state index contributed by atoms with van der Waals surface area (Å²) in [4.78, 5) is 14.1. The highest BCUT2D eigenvalue weighted by Crippen LogP contribution is 2.29. The summed E-state index contributed by atoms with van der Waals surface area (Å²) in [5.74, 6) is 0. The molecule has 7 heteroatoms. The van der Waals surface area contributed by atoms with Gasteiger partial charge < -0.3 is 5.32 Å². The standard InChI is InChI=1S/C12H10N4O2S/c13-7-6-10(9-4-2-1-3-5-9)15-12-14-8-11(19-12)16(17)18/h1-5,8,10H,6H2,(H,14,15). The van der Waals surface area contributed by atoms with E-state index in [1.165, 1.54) is 6.20 Å². The zero-order chi connectivity index (χ0) is 13.7. The number of nitrogens with one attached hydrogen (secondary N) is 1. The minimum absolute atomic E-state index is 0.0220. The largest absolute Gasteiger partial charge is 0.353 e. The molecule has 1 atom stereocenters. The third-order valence-corrected chi connectivity index (χ3v) is 3.35. The minimum Gasteiger partial charge on any atom is -0.353 e. The lowest BCUT2D eigenvalue weighted by molar-refractivity contribution is -0.380. The Morgan fingerprint density at radius 3 is 2.79 bits per heavy atom. The maximum atomic E-state index is 10.6. The van der Waals surface area contributed by atoms with Crippen molar-refractivity contribution in [1.29, 1.82) is 5.26 Å². The molecule has 0 aliphatic carbocycles. The molecule has 19 heavy (non-hydrogen) atoms. The van der Waals surface area contributed by atoms with Crippen molar-refractivity contribution >= 4 is 21.5 Å². The van der Waals surface area contributed by atoms with Crippen LogP contribution in [0.3, 0.4) is 0 Å². The Morgan fingerprint density at radius 1 is 1.47 bits per heavy atom. The molecule has 0 amide bonds. The maximum Gasteiger partial charge on any atom is 0.345 e.